The standard InChI is InChI=1S/C19H20F3N5O2/c1-5-6-29-12(4)15-11(3)26-16(17(23)27-15)18(28)24-9-14-8-13(19(20,21)22)7-10(2)25-14/h5-8H,4,9H2,1-3H3,(H2,23,27)(H,24,28)/b6-5-. The molecule has 0 spiro atoms. The number of alkyl halides is 3. The normalized spacial score (nSPS) is 11.5. The Morgan fingerprint density at radius 3 is 2.55 bits per heavy atom. The Hall–Kier alpha value is -3.43. The molecule has 1 amide bonds. The SMILES string of the molecule is C=C(O/C=C\C)c1nc(N)c(C(=O)NCc2cc(C(F)(F)F)cc(C)n2)nc1C. The van der Waals surface area contributed by atoms with Crippen molar-refractivity contribution in [1.82, 2.24) is 20.3 Å². The van der Waals surface area contributed by atoms with Crippen LogP contribution in [-0.2, 0) is 17.5 Å². The van der Waals surface area contributed by atoms with Gasteiger partial charge in [-0.1, -0.05) is 12.7 Å². The highest BCUT2D eigenvalue weighted by atomic mass is 19.4. The van der Waals surface area contributed by atoms with Crippen LogP contribution >= 0.6 is 0 Å². The summed E-state index contributed by atoms with van der Waals surface area (Å²) in [6, 6.07) is 1.80. The minimum absolute atomic E-state index is 0.0543. The van der Waals surface area contributed by atoms with Gasteiger partial charge in [0.2, 0.25) is 0 Å². The Kier molecular flexibility index (Phi) is 6.57. The average Bonchev–Trinajstić information content (AvgIpc) is 2.64. The Morgan fingerprint density at radius 1 is 1.24 bits per heavy atom. The zero-order chi connectivity index (χ0) is 21.8. The van der Waals surface area contributed by atoms with E-state index in [0.29, 0.717) is 5.69 Å². The minimum atomic E-state index is -4.51. The number of carbonyl (C=O) groups is 1. The lowest BCUT2D eigenvalue weighted by molar-refractivity contribution is -0.137. The van der Waals surface area contributed by atoms with Crippen molar-refractivity contribution < 1.29 is 22.7 Å². The summed E-state index contributed by atoms with van der Waals surface area (Å²) in [5.74, 6) is -0.654. The van der Waals surface area contributed by atoms with E-state index in [4.69, 9.17) is 10.5 Å². The van der Waals surface area contributed by atoms with Crippen LogP contribution in [0.4, 0.5) is 19.0 Å². The van der Waals surface area contributed by atoms with Gasteiger partial charge in [0.1, 0.15) is 11.5 Å². The summed E-state index contributed by atoms with van der Waals surface area (Å²) in [7, 11) is 0. The van der Waals surface area contributed by atoms with Gasteiger partial charge < -0.3 is 15.8 Å². The van der Waals surface area contributed by atoms with Gasteiger partial charge in [-0.3, -0.25) is 9.78 Å². The Balaban J connectivity index is 2.19. The van der Waals surface area contributed by atoms with Crippen LogP contribution in [0.3, 0.4) is 0 Å². The first-order valence-corrected chi connectivity index (χ1v) is 8.47. The first kappa shape index (κ1) is 21.9. The van der Waals surface area contributed by atoms with Gasteiger partial charge in [-0.25, -0.2) is 9.97 Å². The van der Waals surface area contributed by atoms with Gasteiger partial charge in [0.25, 0.3) is 5.91 Å². The van der Waals surface area contributed by atoms with Gasteiger partial charge in [0.15, 0.2) is 11.5 Å². The van der Waals surface area contributed by atoms with Gasteiger partial charge in [-0.2, -0.15) is 13.2 Å². The molecule has 2 rings (SSSR count). The van der Waals surface area contributed by atoms with Crippen LogP contribution < -0.4 is 11.1 Å². The van der Waals surface area contributed by atoms with Crippen LogP contribution in [0.25, 0.3) is 5.76 Å². The first-order chi connectivity index (χ1) is 13.5. The molecule has 0 saturated heterocycles. The molecule has 2 heterocycles. The Labute approximate surface area is 165 Å². The highest BCUT2D eigenvalue weighted by Crippen LogP contribution is 2.29. The number of halogens is 3. The third kappa shape index (κ3) is 5.53. The van der Waals surface area contributed by atoms with Gasteiger partial charge in [0.05, 0.1) is 29.8 Å². The second-order valence-electron chi connectivity index (χ2n) is 6.07. The van der Waals surface area contributed by atoms with Crippen LogP contribution in [0, 0.1) is 13.8 Å². The monoisotopic (exact) mass is 407 g/mol. The number of amides is 1. The van der Waals surface area contributed by atoms with Crippen LogP contribution in [0.2, 0.25) is 0 Å². The van der Waals surface area contributed by atoms with E-state index in [1.165, 1.54) is 13.2 Å². The average molecular weight is 407 g/mol. The molecule has 0 bridgehead atoms. The maximum atomic E-state index is 12.9. The summed E-state index contributed by atoms with van der Waals surface area (Å²) >= 11 is 0. The maximum absolute atomic E-state index is 12.9. The smallest absolute Gasteiger partial charge is 0.416 e. The van der Waals surface area contributed by atoms with Crippen LogP contribution in [0.5, 0.6) is 0 Å². The summed E-state index contributed by atoms with van der Waals surface area (Å²) in [5.41, 5.74) is 5.70. The zero-order valence-corrected chi connectivity index (χ0v) is 16.1. The van der Waals surface area contributed by atoms with E-state index in [1.807, 2.05) is 0 Å². The van der Waals surface area contributed by atoms with Crippen LogP contribution in [0.15, 0.2) is 31.0 Å². The first-order valence-electron chi connectivity index (χ1n) is 8.47. The largest absolute Gasteiger partial charge is 0.464 e. The topological polar surface area (TPSA) is 103 Å². The number of nitrogens with one attached hydrogen (secondary N) is 1. The fraction of sp³-hybridized carbons (Fsp3) is 0.263. The van der Waals surface area contributed by atoms with Crippen LogP contribution in [0.1, 0.15) is 45.8 Å². The van der Waals surface area contributed by atoms with Crippen molar-refractivity contribution in [3.63, 3.8) is 0 Å². The summed E-state index contributed by atoms with van der Waals surface area (Å²) in [6.45, 7) is 8.28. The van der Waals surface area contributed by atoms with E-state index >= 15 is 0 Å². The molecule has 10 heteroatoms. The van der Waals surface area contributed by atoms with E-state index in [2.05, 4.69) is 26.8 Å². The minimum Gasteiger partial charge on any atom is -0.464 e. The van der Waals surface area contributed by atoms with E-state index < -0.39 is 17.6 Å². The number of nitrogen functional groups attached to an aromatic ring is 1. The Morgan fingerprint density at radius 2 is 1.93 bits per heavy atom. The number of pyridine rings is 1. The van der Waals surface area contributed by atoms with Gasteiger partial charge in [-0.05, 0) is 32.9 Å². The van der Waals surface area contributed by atoms with Crippen LogP contribution in [-0.4, -0.2) is 20.9 Å². The van der Waals surface area contributed by atoms with E-state index in [0.717, 1.165) is 12.1 Å². The summed E-state index contributed by atoms with van der Waals surface area (Å²) in [5, 5.41) is 2.46. The molecule has 7 nitrogen and oxygen atoms in total. The quantitative estimate of drug-likeness (QED) is 0.710. The van der Waals surface area contributed by atoms with Crippen molar-refractivity contribution in [3.05, 3.63) is 65.1 Å². The Bertz CT molecular complexity index is 971. The van der Waals surface area contributed by atoms with Crippen molar-refractivity contribution >= 4 is 17.5 Å². The van der Waals surface area contributed by atoms with Crippen molar-refractivity contribution in [2.75, 3.05) is 5.73 Å². The number of aromatic nitrogens is 3. The third-order valence-corrected chi connectivity index (χ3v) is 3.69. The lowest BCUT2D eigenvalue weighted by Gasteiger charge is -2.12. The molecule has 0 aliphatic heterocycles. The number of aryl methyl sites for hydroxylation is 2. The van der Waals surface area contributed by atoms with Crippen molar-refractivity contribution in [2.24, 2.45) is 0 Å². The molecule has 2 aromatic rings. The van der Waals surface area contributed by atoms with Crippen molar-refractivity contribution in [3.8, 4) is 0 Å². The number of allylic oxidation sites excluding steroid dienone is 1. The highest BCUT2D eigenvalue weighted by Gasteiger charge is 2.31. The predicted molar refractivity (Wildman–Crippen MR) is 101 cm³/mol. The number of nitrogens with zero attached hydrogens (tertiary/aromatic N) is 3. The molecule has 154 valence electrons. The number of anilines is 1. The molecule has 0 atom stereocenters. The molecular formula is C19H20F3N5O2. The number of hydrogen-bond donors (Lipinski definition) is 2. The van der Waals surface area contributed by atoms with Gasteiger partial charge in [0, 0.05) is 5.69 Å². The zero-order valence-electron chi connectivity index (χ0n) is 16.1. The van der Waals surface area contributed by atoms with Gasteiger partial charge in [-0.15, -0.1) is 0 Å². The molecule has 0 aliphatic rings. The molecule has 0 unspecified atom stereocenters. The molecular weight excluding hydrogens is 387 g/mol. The summed E-state index contributed by atoms with van der Waals surface area (Å²) in [6.07, 6.45) is -1.44. The third-order valence-electron chi connectivity index (χ3n) is 3.69. The molecule has 3 N–H and O–H groups in total. The second-order valence-corrected chi connectivity index (χ2v) is 6.07. The molecule has 29 heavy (non-hydrogen) atoms. The van der Waals surface area contributed by atoms with E-state index in [-0.39, 0.29) is 40.9 Å². The van der Waals surface area contributed by atoms with Gasteiger partial charge >= 0.3 is 6.18 Å². The highest BCUT2D eigenvalue weighted by molar-refractivity contribution is 5.96. The predicted octanol–water partition coefficient (Wildman–Crippen LogP) is 3.54. The number of ether oxygens (including phenoxy) is 1. The van der Waals surface area contributed by atoms with Crippen molar-refractivity contribution in [1.29, 1.82) is 0 Å². The fourth-order valence-corrected chi connectivity index (χ4v) is 2.42. The fourth-order valence-electron chi connectivity index (χ4n) is 2.42. The number of rotatable bonds is 6. The van der Waals surface area contributed by atoms with Crippen molar-refractivity contribution in [2.45, 2.75) is 33.5 Å². The molecule has 0 saturated carbocycles. The molecule has 0 radical (unpaired) electrons. The second kappa shape index (κ2) is 8.72. The van der Waals surface area contributed by atoms with E-state index in [1.54, 1.807) is 19.9 Å². The maximum Gasteiger partial charge on any atom is 0.416 e. The lowest BCUT2D eigenvalue weighted by Crippen LogP contribution is -2.27. The lowest BCUT2D eigenvalue weighted by atomic mass is 10.2. The summed E-state index contributed by atoms with van der Waals surface area (Å²) < 4.78 is 44.0. The molecule has 0 aromatic carbocycles. The van der Waals surface area contributed by atoms with E-state index in [9.17, 15) is 18.0 Å². The number of nitrogens with two attached hydrogens (primary N) is 1. The number of hydrogen-bond acceptors (Lipinski definition) is 6. The number of carbonyl (C=O) groups excluding carboxylic acids is 1. The molecule has 0 aliphatic carbocycles. The summed E-state index contributed by atoms with van der Waals surface area (Å²) in [4.78, 5) is 24.6. The molecule has 2 aromatic heterocycles. The molecule has 0 fully saturated rings.